The Balaban J connectivity index is 1.74. The maximum Gasteiger partial charge on any atom is 0.325 e. The fourth-order valence-corrected chi connectivity index (χ4v) is 6.11. The lowest BCUT2D eigenvalue weighted by Gasteiger charge is -2.24. The van der Waals surface area contributed by atoms with Crippen molar-refractivity contribution in [3.05, 3.63) is 64.7 Å². The van der Waals surface area contributed by atoms with E-state index in [9.17, 15) is 13.2 Å². The summed E-state index contributed by atoms with van der Waals surface area (Å²) in [6, 6.07) is 14.1. The number of amides is 2. The van der Waals surface area contributed by atoms with Gasteiger partial charge in [-0.15, -0.1) is 0 Å². The summed E-state index contributed by atoms with van der Waals surface area (Å²) in [5, 5.41) is 9.12. The summed E-state index contributed by atoms with van der Waals surface area (Å²) >= 11 is 0. The zero-order valence-electron chi connectivity index (χ0n) is 15.8. The van der Waals surface area contributed by atoms with Crippen LogP contribution >= 0.6 is 0 Å². The van der Waals surface area contributed by atoms with Crippen molar-refractivity contribution in [3.63, 3.8) is 0 Å². The highest BCUT2D eigenvalue weighted by Crippen LogP contribution is 2.37. The second-order valence-corrected chi connectivity index (χ2v) is 9.75. The molecule has 2 fully saturated rings. The van der Waals surface area contributed by atoms with E-state index >= 15 is 0 Å². The van der Waals surface area contributed by atoms with Gasteiger partial charge in [0.1, 0.15) is 0 Å². The van der Waals surface area contributed by atoms with Crippen molar-refractivity contribution in [2.75, 3.05) is 16.4 Å². The zero-order valence-corrected chi connectivity index (χ0v) is 16.6. The molecule has 7 heteroatoms. The van der Waals surface area contributed by atoms with Crippen LogP contribution in [-0.4, -0.2) is 42.9 Å². The summed E-state index contributed by atoms with van der Waals surface area (Å²) in [6.45, 7) is 4.17. The average Bonchev–Trinajstić information content (AvgIpc) is 3.08. The highest BCUT2D eigenvalue weighted by Gasteiger charge is 2.54. The number of anilines is 1. The lowest BCUT2D eigenvalue weighted by molar-refractivity contribution is 0.206. The van der Waals surface area contributed by atoms with E-state index in [1.807, 2.05) is 38.1 Å². The third-order valence-corrected chi connectivity index (χ3v) is 7.21. The number of rotatable bonds is 3. The minimum Gasteiger partial charge on any atom is -0.314 e. The molecule has 2 aromatic rings. The van der Waals surface area contributed by atoms with Gasteiger partial charge in [-0.3, -0.25) is 4.90 Å². The Morgan fingerprint density at radius 1 is 1.11 bits per heavy atom. The van der Waals surface area contributed by atoms with Gasteiger partial charge in [0.2, 0.25) is 0 Å². The van der Waals surface area contributed by atoms with Crippen LogP contribution in [0.3, 0.4) is 0 Å². The smallest absolute Gasteiger partial charge is 0.314 e. The molecule has 2 heterocycles. The number of carbonyl (C=O) groups excluding carboxylic acids is 1. The van der Waals surface area contributed by atoms with Crippen molar-refractivity contribution in [2.45, 2.75) is 32.5 Å². The molecule has 6 nitrogen and oxygen atoms in total. The van der Waals surface area contributed by atoms with E-state index in [2.05, 4.69) is 6.07 Å². The summed E-state index contributed by atoms with van der Waals surface area (Å²) < 4.78 is 24.7. The van der Waals surface area contributed by atoms with Crippen LogP contribution < -0.4 is 4.90 Å². The number of benzene rings is 2. The highest BCUT2D eigenvalue weighted by atomic mass is 32.2. The summed E-state index contributed by atoms with van der Waals surface area (Å²) in [7, 11) is -3.22. The molecule has 2 unspecified atom stereocenters. The minimum atomic E-state index is -3.22. The fourth-order valence-electron chi connectivity index (χ4n) is 4.16. The molecule has 0 spiro atoms. The molecule has 144 valence electrons. The highest BCUT2D eigenvalue weighted by molar-refractivity contribution is 7.91. The normalized spacial score (nSPS) is 23.0. The maximum atomic E-state index is 13.3. The standard InChI is InChI=1S/C21H21N3O3S/c1-14-6-7-15(2)18(8-14)24-20-13-28(26,27)12-19(20)23(21(24)25)11-17-5-3-4-16(9-17)10-22/h3-9,19-20H,11-13H2,1-2H3. The Hall–Kier alpha value is -2.85. The third kappa shape index (κ3) is 3.14. The molecule has 2 aromatic carbocycles. The van der Waals surface area contributed by atoms with Crippen molar-refractivity contribution >= 4 is 21.6 Å². The maximum absolute atomic E-state index is 13.3. The Labute approximate surface area is 164 Å². The van der Waals surface area contributed by atoms with Gasteiger partial charge in [-0.05, 0) is 48.7 Å². The average molecular weight is 395 g/mol. The van der Waals surface area contributed by atoms with Gasteiger partial charge >= 0.3 is 6.03 Å². The van der Waals surface area contributed by atoms with Crippen LogP contribution in [0, 0.1) is 25.2 Å². The zero-order chi connectivity index (χ0) is 20.1. The van der Waals surface area contributed by atoms with E-state index < -0.39 is 15.9 Å². The Kier molecular flexibility index (Phi) is 4.39. The second kappa shape index (κ2) is 6.64. The first kappa shape index (κ1) is 18.5. The van der Waals surface area contributed by atoms with Gasteiger partial charge in [0.25, 0.3) is 0 Å². The molecule has 4 rings (SSSR count). The third-order valence-electron chi connectivity index (χ3n) is 5.51. The van der Waals surface area contributed by atoms with E-state index in [-0.39, 0.29) is 30.1 Å². The van der Waals surface area contributed by atoms with Crippen LogP contribution in [0.1, 0.15) is 22.3 Å². The molecule has 0 saturated carbocycles. The van der Waals surface area contributed by atoms with Crippen LogP contribution in [0.2, 0.25) is 0 Å². The van der Waals surface area contributed by atoms with Gasteiger partial charge in [-0.2, -0.15) is 5.26 Å². The van der Waals surface area contributed by atoms with Gasteiger partial charge in [0, 0.05) is 12.2 Å². The Morgan fingerprint density at radius 3 is 2.61 bits per heavy atom. The molecule has 2 aliphatic heterocycles. The van der Waals surface area contributed by atoms with E-state index in [1.165, 1.54) is 0 Å². The van der Waals surface area contributed by atoms with Gasteiger partial charge in [-0.25, -0.2) is 13.2 Å². The van der Waals surface area contributed by atoms with Crippen molar-refractivity contribution in [3.8, 4) is 6.07 Å². The number of hydrogen-bond donors (Lipinski definition) is 0. The molecular weight excluding hydrogens is 374 g/mol. The van der Waals surface area contributed by atoms with Crippen molar-refractivity contribution in [2.24, 2.45) is 0 Å². The van der Waals surface area contributed by atoms with E-state index in [0.29, 0.717) is 5.56 Å². The Bertz CT molecular complexity index is 1100. The lowest BCUT2D eigenvalue weighted by atomic mass is 10.1. The van der Waals surface area contributed by atoms with Gasteiger partial charge in [-0.1, -0.05) is 24.3 Å². The molecule has 0 aliphatic carbocycles. The van der Waals surface area contributed by atoms with E-state index in [4.69, 9.17) is 5.26 Å². The predicted octanol–water partition coefficient (Wildman–Crippen LogP) is 2.78. The number of hydrogen-bond acceptors (Lipinski definition) is 4. The number of urea groups is 1. The molecule has 28 heavy (non-hydrogen) atoms. The first-order valence-electron chi connectivity index (χ1n) is 9.15. The van der Waals surface area contributed by atoms with E-state index in [0.717, 1.165) is 22.4 Å². The van der Waals surface area contributed by atoms with Crippen LogP contribution in [0.4, 0.5) is 10.5 Å². The molecule has 0 N–H and O–H groups in total. The molecule has 2 aliphatic rings. The molecule has 0 radical (unpaired) electrons. The van der Waals surface area contributed by atoms with Crippen LogP contribution in [0.25, 0.3) is 0 Å². The van der Waals surface area contributed by atoms with Crippen LogP contribution in [0.15, 0.2) is 42.5 Å². The van der Waals surface area contributed by atoms with Crippen molar-refractivity contribution < 1.29 is 13.2 Å². The number of nitrogens with zero attached hydrogens (tertiary/aromatic N) is 3. The number of fused-ring (bicyclic) bond motifs is 1. The minimum absolute atomic E-state index is 0.0223. The van der Waals surface area contributed by atoms with Crippen molar-refractivity contribution in [1.82, 2.24) is 4.90 Å². The summed E-state index contributed by atoms with van der Waals surface area (Å²) in [6.07, 6.45) is 0. The van der Waals surface area contributed by atoms with Gasteiger partial charge in [0.05, 0.1) is 35.2 Å². The Morgan fingerprint density at radius 2 is 1.86 bits per heavy atom. The molecule has 2 atom stereocenters. The molecule has 0 aromatic heterocycles. The number of sulfone groups is 1. The predicted molar refractivity (Wildman–Crippen MR) is 107 cm³/mol. The summed E-state index contributed by atoms with van der Waals surface area (Å²) in [5.41, 5.74) is 4.07. The van der Waals surface area contributed by atoms with Crippen LogP contribution in [-0.2, 0) is 16.4 Å². The molecule has 2 saturated heterocycles. The largest absolute Gasteiger partial charge is 0.325 e. The quantitative estimate of drug-likeness (QED) is 0.749. The molecular formula is C21H21N3O3S. The number of carbonyl (C=O) groups is 1. The molecule has 0 bridgehead atoms. The van der Waals surface area contributed by atoms with E-state index in [1.54, 1.807) is 28.0 Å². The molecule has 2 amide bonds. The van der Waals surface area contributed by atoms with Crippen LogP contribution in [0.5, 0.6) is 0 Å². The fraction of sp³-hybridized carbons (Fsp3) is 0.333. The lowest BCUT2D eigenvalue weighted by Crippen LogP contribution is -2.38. The number of aryl methyl sites for hydroxylation is 2. The summed E-state index contributed by atoms with van der Waals surface area (Å²) in [4.78, 5) is 16.6. The SMILES string of the molecule is Cc1ccc(C)c(N2C(=O)N(Cc3cccc(C#N)c3)C3CS(=O)(=O)CC32)c1. The van der Waals surface area contributed by atoms with Gasteiger partial charge in [0.15, 0.2) is 9.84 Å². The first-order valence-corrected chi connectivity index (χ1v) is 11.0. The monoisotopic (exact) mass is 395 g/mol. The number of nitriles is 1. The van der Waals surface area contributed by atoms with Crippen molar-refractivity contribution in [1.29, 1.82) is 5.26 Å². The topological polar surface area (TPSA) is 81.5 Å². The first-order chi connectivity index (χ1) is 13.3. The summed E-state index contributed by atoms with van der Waals surface area (Å²) in [5.74, 6) is -0.0474. The second-order valence-electron chi connectivity index (χ2n) is 7.59. The van der Waals surface area contributed by atoms with Gasteiger partial charge < -0.3 is 4.90 Å².